The maximum absolute atomic E-state index is 12.6. The van der Waals surface area contributed by atoms with Crippen molar-refractivity contribution in [3.05, 3.63) is 70.4 Å². The van der Waals surface area contributed by atoms with E-state index in [-0.39, 0.29) is 17.5 Å². The lowest BCUT2D eigenvalue weighted by atomic mass is 9.77. The molecule has 1 fully saturated rings. The fourth-order valence-electron chi connectivity index (χ4n) is 3.67. The van der Waals surface area contributed by atoms with E-state index >= 15 is 0 Å². The summed E-state index contributed by atoms with van der Waals surface area (Å²) in [5.41, 5.74) is 2.62. The first-order chi connectivity index (χ1) is 13.7. The number of carbonyl (C=O) groups excluding carboxylic acids is 1. The van der Waals surface area contributed by atoms with Crippen molar-refractivity contribution in [1.82, 2.24) is 19.5 Å². The van der Waals surface area contributed by atoms with E-state index in [2.05, 4.69) is 16.5 Å². The number of rotatable bonds is 7. The van der Waals surface area contributed by atoms with E-state index in [1.54, 1.807) is 18.5 Å². The lowest BCUT2D eigenvalue weighted by molar-refractivity contribution is 0.0906. The molecule has 1 amide bonds. The van der Waals surface area contributed by atoms with Crippen molar-refractivity contribution in [2.75, 3.05) is 13.2 Å². The molecule has 3 aromatic heterocycles. The summed E-state index contributed by atoms with van der Waals surface area (Å²) in [5, 5.41) is 7.46. The van der Waals surface area contributed by atoms with Crippen molar-refractivity contribution < 1.29 is 9.53 Å². The van der Waals surface area contributed by atoms with Crippen LogP contribution in [-0.2, 0) is 11.3 Å². The Kier molecular flexibility index (Phi) is 5.25. The van der Waals surface area contributed by atoms with Gasteiger partial charge in [-0.3, -0.25) is 9.59 Å². The Labute approximate surface area is 162 Å². The Morgan fingerprint density at radius 2 is 2.11 bits per heavy atom. The molecule has 3 heterocycles. The largest absolute Gasteiger partial charge is 0.380 e. The number of hydrogen-bond acceptors (Lipinski definition) is 4. The van der Waals surface area contributed by atoms with Gasteiger partial charge in [0.2, 0.25) is 0 Å². The summed E-state index contributed by atoms with van der Waals surface area (Å²) in [5.74, 6) is 0.236. The van der Waals surface area contributed by atoms with Gasteiger partial charge in [0.15, 0.2) is 0 Å². The van der Waals surface area contributed by atoms with E-state index < -0.39 is 0 Å². The van der Waals surface area contributed by atoms with Gasteiger partial charge in [0.25, 0.3) is 11.5 Å². The highest BCUT2D eigenvalue weighted by Crippen LogP contribution is 2.36. The molecule has 0 bridgehead atoms. The van der Waals surface area contributed by atoms with Gasteiger partial charge in [-0.1, -0.05) is 6.07 Å². The number of nitrogens with zero attached hydrogens (tertiary/aromatic N) is 3. The van der Waals surface area contributed by atoms with E-state index in [1.807, 2.05) is 29.6 Å². The maximum Gasteiger partial charge on any atom is 0.252 e. The molecule has 0 aliphatic heterocycles. The highest BCUT2D eigenvalue weighted by molar-refractivity contribution is 5.94. The first-order valence-corrected chi connectivity index (χ1v) is 9.67. The molecule has 7 nitrogen and oxygen atoms in total. The van der Waals surface area contributed by atoms with Crippen molar-refractivity contribution in [2.24, 2.45) is 0 Å². The number of aromatic nitrogens is 3. The van der Waals surface area contributed by atoms with Gasteiger partial charge >= 0.3 is 0 Å². The summed E-state index contributed by atoms with van der Waals surface area (Å²) in [6.07, 6.45) is 5.18. The number of nitrogens with one attached hydrogen (secondary N) is 1. The quantitative estimate of drug-likeness (QED) is 0.638. The lowest BCUT2D eigenvalue weighted by Gasteiger charge is -2.36. The molecule has 0 atom stereocenters. The molecule has 1 aliphatic carbocycles. The topological polar surface area (TPSA) is 77.6 Å². The Morgan fingerprint density at radius 1 is 1.25 bits per heavy atom. The van der Waals surface area contributed by atoms with Crippen LogP contribution in [0.4, 0.5) is 0 Å². The molecular weight excluding hydrogens is 356 g/mol. The molecule has 0 aromatic carbocycles. The highest BCUT2D eigenvalue weighted by Gasteiger charge is 2.33. The Bertz CT molecular complexity index is 1030. The van der Waals surface area contributed by atoms with Crippen LogP contribution in [0.1, 0.15) is 41.7 Å². The van der Waals surface area contributed by atoms with E-state index in [1.165, 1.54) is 16.3 Å². The van der Waals surface area contributed by atoms with Crippen LogP contribution in [0.25, 0.3) is 5.52 Å². The van der Waals surface area contributed by atoms with Crippen LogP contribution in [0.2, 0.25) is 0 Å². The third kappa shape index (κ3) is 3.71. The molecule has 3 aromatic rings. The number of fused-ring (bicyclic) bond motifs is 1. The van der Waals surface area contributed by atoms with Crippen LogP contribution in [0, 0.1) is 0 Å². The summed E-state index contributed by atoms with van der Waals surface area (Å²) in [6.45, 7) is 3.40. The molecule has 28 heavy (non-hydrogen) atoms. The van der Waals surface area contributed by atoms with Gasteiger partial charge in [-0.25, -0.2) is 4.52 Å². The average molecular weight is 380 g/mol. The van der Waals surface area contributed by atoms with Crippen LogP contribution in [-0.4, -0.2) is 39.3 Å². The second-order valence-corrected chi connectivity index (χ2v) is 7.10. The Balaban J connectivity index is 1.37. The van der Waals surface area contributed by atoms with Gasteiger partial charge in [0.1, 0.15) is 0 Å². The summed E-state index contributed by atoms with van der Waals surface area (Å²) in [6, 6.07) is 11.3. The molecule has 4 rings (SSSR count). The first kappa shape index (κ1) is 18.4. The number of hydrogen-bond donors (Lipinski definition) is 1. The SMILES string of the molecule is CCOCCn1cc(C(=O)NC2CC(c3cccc4ccnn34)C2)ccc1=O. The van der Waals surface area contributed by atoms with E-state index in [0.717, 1.165) is 18.4 Å². The van der Waals surface area contributed by atoms with Crippen molar-refractivity contribution in [1.29, 1.82) is 0 Å². The summed E-state index contributed by atoms with van der Waals surface area (Å²) >= 11 is 0. The zero-order chi connectivity index (χ0) is 19.5. The minimum absolute atomic E-state index is 0.132. The number of ether oxygens (including phenoxy) is 1. The monoisotopic (exact) mass is 380 g/mol. The van der Waals surface area contributed by atoms with E-state index in [4.69, 9.17) is 4.74 Å². The lowest BCUT2D eigenvalue weighted by Crippen LogP contribution is -2.44. The summed E-state index contributed by atoms with van der Waals surface area (Å²) in [4.78, 5) is 24.5. The minimum Gasteiger partial charge on any atom is -0.380 e. The van der Waals surface area contributed by atoms with Crippen LogP contribution in [0.15, 0.2) is 53.6 Å². The molecule has 7 heteroatoms. The van der Waals surface area contributed by atoms with Gasteiger partial charge in [-0.2, -0.15) is 5.10 Å². The van der Waals surface area contributed by atoms with Crippen molar-refractivity contribution in [2.45, 2.75) is 38.3 Å². The zero-order valence-corrected chi connectivity index (χ0v) is 15.9. The maximum atomic E-state index is 12.6. The molecule has 0 radical (unpaired) electrons. The fraction of sp³-hybridized carbons (Fsp3) is 0.381. The third-order valence-corrected chi connectivity index (χ3v) is 5.27. The van der Waals surface area contributed by atoms with Gasteiger partial charge in [-0.15, -0.1) is 0 Å². The van der Waals surface area contributed by atoms with Crippen molar-refractivity contribution in [3.8, 4) is 0 Å². The fourth-order valence-corrected chi connectivity index (χ4v) is 3.67. The molecule has 0 saturated heterocycles. The predicted molar refractivity (Wildman–Crippen MR) is 106 cm³/mol. The first-order valence-electron chi connectivity index (χ1n) is 9.67. The highest BCUT2D eigenvalue weighted by atomic mass is 16.5. The summed E-state index contributed by atoms with van der Waals surface area (Å²) < 4.78 is 8.78. The Morgan fingerprint density at radius 3 is 2.93 bits per heavy atom. The van der Waals surface area contributed by atoms with Gasteiger partial charge < -0.3 is 14.6 Å². The molecule has 146 valence electrons. The van der Waals surface area contributed by atoms with E-state index in [0.29, 0.717) is 31.2 Å². The third-order valence-electron chi connectivity index (χ3n) is 5.27. The standard InChI is InChI=1S/C21H24N4O3/c1-2-28-11-10-24-14-15(6-7-20(24)26)21(27)23-17-12-16(13-17)19-5-3-4-18-8-9-22-25(18)19/h3-9,14,16-17H,2,10-13H2,1H3,(H,23,27). The van der Waals surface area contributed by atoms with Crippen LogP contribution in [0.5, 0.6) is 0 Å². The molecule has 1 N–H and O–H groups in total. The molecule has 1 aliphatic rings. The smallest absolute Gasteiger partial charge is 0.252 e. The van der Waals surface area contributed by atoms with E-state index in [9.17, 15) is 9.59 Å². The van der Waals surface area contributed by atoms with Crippen molar-refractivity contribution >= 4 is 11.4 Å². The van der Waals surface area contributed by atoms with Gasteiger partial charge in [0.05, 0.1) is 17.7 Å². The second kappa shape index (κ2) is 7.98. The van der Waals surface area contributed by atoms with Gasteiger partial charge in [-0.05, 0) is 44.0 Å². The van der Waals surface area contributed by atoms with Crippen LogP contribution < -0.4 is 10.9 Å². The van der Waals surface area contributed by atoms with Crippen molar-refractivity contribution in [3.63, 3.8) is 0 Å². The molecule has 0 unspecified atom stereocenters. The Hall–Kier alpha value is -2.93. The predicted octanol–water partition coefficient (Wildman–Crippen LogP) is 2.21. The van der Waals surface area contributed by atoms with Gasteiger partial charge in [0, 0.05) is 49.3 Å². The molecule has 1 saturated carbocycles. The molecule has 0 spiro atoms. The average Bonchev–Trinajstić information content (AvgIpc) is 3.15. The second-order valence-electron chi connectivity index (χ2n) is 7.10. The molecular formula is C21H24N4O3. The number of pyridine rings is 2. The zero-order valence-electron chi connectivity index (χ0n) is 15.9. The minimum atomic E-state index is -0.147. The summed E-state index contributed by atoms with van der Waals surface area (Å²) in [7, 11) is 0. The van der Waals surface area contributed by atoms with Crippen LogP contribution >= 0.6 is 0 Å². The van der Waals surface area contributed by atoms with Crippen LogP contribution in [0.3, 0.4) is 0 Å². The normalized spacial score (nSPS) is 18.8. The number of amides is 1. The number of carbonyl (C=O) groups is 1.